The first-order valence-corrected chi connectivity index (χ1v) is 9.30. The van der Waals surface area contributed by atoms with Crippen molar-refractivity contribution in [2.75, 3.05) is 18.4 Å². The van der Waals surface area contributed by atoms with Crippen LogP contribution < -0.4 is 16.0 Å². The fourth-order valence-corrected chi connectivity index (χ4v) is 3.00. The molecule has 2 aromatic rings. The number of rotatable bonds is 6. The van der Waals surface area contributed by atoms with Gasteiger partial charge in [0.2, 0.25) is 11.8 Å². The van der Waals surface area contributed by atoms with Crippen molar-refractivity contribution in [3.05, 3.63) is 62.6 Å². The van der Waals surface area contributed by atoms with Crippen molar-refractivity contribution >= 4 is 46.6 Å². The highest BCUT2D eigenvalue weighted by Crippen LogP contribution is 2.23. The first-order valence-electron chi connectivity index (χ1n) is 8.55. The molecular weight excluding hydrogens is 401 g/mol. The van der Waals surface area contributed by atoms with Crippen LogP contribution in [0.3, 0.4) is 0 Å². The molecule has 0 bridgehead atoms. The topological polar surface area (TPSA) is 87.3 Å². The Morgan fingerprint density at radius 1 is 0.821 bits per heavy atom. The zero-order valence-corrected chi connectivity index (χ0v) is 17.3. The fourth-order valence-electron chi connectivity index (χ4n) is 2.70. The Kier molecular flexibility index (Phi) is 7.43. The SMILES string of the molecule is Cc1cc(C)c(NC(=O)CNC(=O)CNC(=O)c2ccc(Cl)c(Cl)c2)c(C)c1. The van der Waals surface area contributed by atoms with Crippen LogP contribution in [0.25, 0.3) is 0 Å². The summed E-state index contributed by atoms with van der Waals surface area (Å²) in [6.45, 7) is 5.33. The summed E-state index contributed by atoms with van der Waals surface area (Å²) in [6, 6.07) is 8.36. The molecule has 2 aromatic carbocycles. The molecule has 0 aromatic heterocycles. The average molecular weight is 422 g/mol. The summed E-state index contributed by atoms with van der Waals surface area (Å²) in [7, 11) is 0. The summed E-state index contributed by atoms with van der Waals surface area (Å²) >= 11 is 11.7. The Hall–Kier alpha value is -2.57. The molecule has 0 aliphatic rings. The highest BCUT2D eigenvalue weighted by atomic mass is 35.5. The quantitative estimate of drug-likeness (QED) is 0.667. The normalized spacial score (nSPS) is 10.3. The Bertz CT molecular complexity index is 906. The summed E-state index contributed by atoms with van der Waals surface area (Å²) in [4.78, 5) is 36.0. The molecule has 3 amide bonds. The molecule has 3 N–H and O–H groups in total. The highest BCUT2D eigenvalue weighted by Gasteiger charge is 2.12. The molecule has 0 heterocycles. The second-order valence-electron chi connectivity index (χ2n) is 6.41. The van der Waals surface area contributed by atoms with E-state index < -0.39 is 11.8 Å². The van der Waals surface area contributed by atoms with Gasteiger partial charge in [-0.25, -0.2) is 0 Å². The van der Waals surface area contributed by atoms with Gasteiger partial charge in [0.15, 0.2) is 0 Å². The Morgan fingerprint density at radius 2 is 1.43 bits per heavy atom. The minimum atomic E-state index is -0.485. The maximum atomic E-state index is 12.1. The van der Waals surface area contributed by atoms with E-state index in [-0.39, 0.29) is 29.6 Å². The zero-order chi connectivity index (χ0) is 20.8. The number of hydrogen-bond donors (Lipinski definition) is 3. The number of carbonyl (C=O) groups excluding carboxylic acids is 3. The van der Waals surface area contributed by atoms with E-state index in [2.05, 4.69) is 16.0 Å². The number of carbonyl (C=O) groups is 3. The van der Waals surface area contributed by atoms with Gasteiger partial charge in [-0.2, -0.15) is 0 Å². The minimum absolute atomic E-state index is 0.200. The van der Waals surface area contributed by atoms with Crippen molar-refractivity contribution in [2.24, 2.45) is 0 Å². The predicted molar refractivity (Wildman–Crippen MR) is 111 cm³/mol. The van der Waals surface area contributed by atoms with Crippen LogP contribution in [-0.2, 0) is 9.59 Å². The van der Waals surface area contributed by atoms with E-state index in [1.165, 1.54) is 18.2 Å². The Balaban J connectivity index is 1.81. The van der Waals surface area contributed by atoms with Gasteiger partial charge in [0.1, 0.15) is 0 Å². The number of aryl methyl sites for hydroxylation is 3. The van der Waals surface area contributed by atoms with Crippen LogP contribution in [-0.4, -0.2) is 30.8 Å². The lowest BCUT2D eigenvalue weighted by Crippen LogP contribution is -2.40. The Morgan fingerprint density at radius 3 is 2.04 bits per heavy atom. The molecular formula is C20H21Cl2N3O3. The molecule has 6 nitrogen and oxygen atoms in total. The first-order chi connectivity index (χ1) is 13.2. The molecule has 0 fully saturated rings. The molecule has 0 radical (unpaired) electrons. The second kappa shape index (κ2) is 9.57. The minimum Gasteiger partial charge on any atom is -0.345 e. The van der Waals surface area contributed by atoms with Crippen LogP contribution >= 0.6 is 23.2 Å². The van der Waals surface area contributed by atoms with E-state index in [9.17, 15) is 14.4 Å². The fraction of sp³-hybridized carbons (Fsp3) is 0.250. The molecule has 0 aliphatic heterocycles. The third-order valence-corrected chi connectivity index (χ3v) is 4.72. The third-order valence-electron chi connectivity index (χ3n) is 3.98. The number of amides is 3. The van der Waals surface area contributed by atoms with Gasteiger partial charge >= 0.3 is 0 Å². The molecule has 148 valence electrons. The standard InChI is InChI=1S/C20H21Cl2N3O3/c1-11-6-12(2)19(13(3)7-11)25-18(27)10-23-17(26)9-24-20(28)14-4-5-15(21)16(22)8-14/h4-8H,9-10H2,1-3H3,(H,23,26)(H,24,28)(H,25,27). The van der Waals surface area contributed by atoms with Crippen LogP contribution in [0.4, 0.5) is 5.69 Å². The monoisotopic (exact) mass is 421 g/mol. The van der Waals surface area contributed by atoms with Gasteiger partial charge in [-0.05, 0) is 50.1 Å². The number of hydrogen-bond acceptors (Lipinski definition) is 3. The van der Waals surface area contributed by atoms with Gasteiger partial charge in [-0.15, -0.1) is 0 Å². The van der Waals surface area contributed by atoms with Gasteiger partial charge in [0.25, 0.3) is 5.91 Å². The predicted octanol–water partition coefficient (Wildman–Crippen LogP) is 3.40. The van der Waals surface area contributed by atoms with E-state index in [0.29, 0.717) is 5.02 Å². The number of anilines is 1. The second-order valence-corrected chi connectivity index (χ2v) is 7.22. The third kappa shape index (κ3) is 5.97. The summed E-state index contributed by atoms with van der Waals surface area (Å²) < 4.78 is 0. The molecule has 28 heavy (non-hydrogen) atoms. The molecule has 0 saturated heterocycles. The van der Waals surface area contributed by atoms with Gasteiger partial charge in [0.05, 0.1) is 23.1 Å². The van der Waals surface area contributed by atoms with Gasteiger partial charge in [-0.1, -0.05) is 40.9 Å². The molecule has 0 spiro atoms. The van der Waals surface area contributed by atoms with Crippen LogP contribution in [0.15, 0.2) is 30.3 Å². The molecule has 0 aliphatic carbocycles. The van der Waals surface area contributed by atoms with Gasteiger partial charge < -0.3 is 16.0 Å². The summed E-state index contributed by atoms with van der Waals surface area (Å²) in [5, 5.41) is 8.30. The van der Waals surface area contributed by atoms with E-state index >= 15 is 0 Å². The number of halogens is 2. The van der Waals surface area contributed by atoms with Gasteiger partial charge in [-0.3, -0.25) is 14.4 Å². The van der Waals surface area contributed by atoms with E-state index in [4.69, 9.17) is 23.2 Å². The van der Waals surface area contributed by atoms with E-state index in [1.54, 1.807) is 0 Å². The smallest absolute Gasteiger partial charge is 0.251 e. The summed E-state index contributed by atoms with van der Waals surface area (Å²) in [6.07, 6.45) is 0. The largest absolute Gasteiger partial charge is 0.345 e. The summed E-state index contributed by atoms with van der Waals surface area (Å²) in [5.74, 6) is -1.30. The Labute approximate surface area is 173 Å². The van der Waals surface area contributed by atoms with Crippen molar-refractivity contribution in [3.63, 3.8) is 0 Å². The van der Waals surface area contributed by atoms with Crippen LogP contribution in [0.1, 0.15) is 27.0 Å². The lowest BCUT2D eigenvalue weighted by atomic mass is 10.1. The summed E-state index contributed by atoms with van der Waals surface area (Å²) in [5.41, 5.74) is 4.03. The van der Waals surface area contributed by atoms with Crippen molar-refractivity contribution in [1.29, 1.82) is 0 Å². The van der Waals surface area contributed by atoms with Crippen LogP contribution in [0.5, 0.6) is 0 Å². The molecule has 0 saturated carbocycles. The molecule has 8 heteroatoms. The molecule has 0 atom stereocenters. The first kappa shape index (κ1) is 21.7. The van der Waals surface area contributed by atoms with Crippen LogP contribution in [0, 0.1) is 20.8 Å². The zero-order valence-electron chi connectivity index (χ0n) is 15.8. The maximum Gasteiger partial charge on any atom is 0.251 e. The van der Waals surface area contributed by atoms with E-state index in [1.807, 2.05) is 32.9 Å². The lowest BCUT2D eigenvalue weighted by molar-refractivity contribution is -0.123. The maximum absolute atomic E-state index is 12.1. The number of benzene rings is 2. The van der Waals surface area contributed by atoms with E-state index in [0.717, 1.165) is 22.4 Å². The van der Waals surface area contributed by atoms with Crippen molar-refractivity contribution in [3.8, 4) is 0 Å². The molecule has 2 rings (SSSR count). The number of nitrogens with one attached hydrogen (secondary N) is 3. The van der Waals surface area contributed by atoms with Crippen molar-refractivity contribution < 1.29 is 14.4 Å². The highest BCUT2D eigenvalue weighted by molar-refractivity contribution is 6.42. The van der Waals surface area contributed by atoms with Crippen molar-refractivity contribution in [2.45, 2.75) is 20.8 Å². The average Bonchev–Trinajstić information content (AvgIpc) is 2.63. The van der Waals surface area contributed by atoms with Crippen molar-refractivity contribution in [1.82, 2.24) is 10.6 Å². The van der Waals surface area contributed by atoms with Crippen LogP contribution in [0.2, 0.25) is 10.0 Å². The molecule has 0 unspecified atom stereocenters. The lowest BCUT2D eigenvalue weighted by Gasteiger charge is -2.13. The van der Waals surface area contributed by atoms with Gasteiger partial charge in [0, 0.05) is 11.3 Å².